The SMILES string of the molecule is CS(=O)(=O)CCN1CC(C(=O)O)CCC1=O. The average Bonchev–Trinajstić information content (AvgIpc) is 2.14. The lowest BCUT2D eigenvalue weighted by atomic mass is 9.98. The number of amides is 1. The first-order chi connectivity index (χ1) is 7.29. The van der Waals surface area contributed by atoms with Crippen LogP contribution in [0.2, 0.25) is 0 Å². The van der Waals surface area contributed by atoms with Crippen molar-refractivity contribution < 1.29 is 23.1 Å². The summed E-state index contributed by atoms with van der Waals surface area (Å²) in [5.41, 5.74) is 0. The fourth-order valence-electron chi connectivity index (χ4n) is 1.61. The summed E-state index contributed by atoms with van der Waals surface area (Å²) in [7, 11) is -3.13. The van der Waals surface area contributed by atoms with Crippen LogP contribution in [0.4, 0.5) is 0 Å². The maximum absolute atomic E-state index is 11.4. The highest BCUT2D eigenvalue weighted by molar-refractivity contribution is 7.90. The number of hydrogen-bond acceptors (Lipinski definition) is 4. The van der Waals surface area contributed by atoms with Crippen LogP contribution in [0.25, 0.3) is 0 Å². The van der Waals surface area contributed by atoms with Gasteiger partial charge in [-0.2, -0.15) is 0 Å². The second-order valence-electron chi connectivity index (χ2n) is 4.04. The molecule has 92 valence electrons. The number of sulfone groups is 1. The molecule has 1 aliphatic rings. The van der Waals surface area contributed by atoms with Gasteiger partial charge in [-0.15, -0.1) is 0 Å². The summed E-state index contributed by atoms with van der Waals surface area (Å²) in [4.78, 5) is 23.5. The molecule has 0 radical (unpaired) electrons. The van der Waals surface area contributed by atoms with E-state index in [-0.39, 0.29) is 31.2 Å². The number of carbonyl (C=O) groups excluding carboxylic acids is 1. The molecule has 7 heteroatoms. The van der Waals surface area contributed by atoms with Gasteiger partial charge in [-0.25, -0.2) is 8.42 Å². The van der Waals surface area contributed by atoms with Gasteiger partial charge in [0.05, 0.1) is 11.7 Å². The van der Waals surface area contributed by atoms with E-state index in [1.54, 1.807) is 0 Å². The number of nitrogens with zero attached hydrogens (tertiary/aromatic N) is 1. The van der Waals surface area contributed by atoms with E-state index in [0.717, 1.165) is 6.26 Å². The van der Waals surface area contributed by atoms with Crippen LogP contribution in [0.15, 0.2) is 0 Å². The number of carbonyl (C=O) groups is 2. The molecule has 0 aromatic heterocycles. The molecule has 0 bridgehead atoms. The second-order valence-corrected chi connectivity index (χ2v) is 6.30. The minimum Gasteiger partial charge on any atom is -0.481 e. The van der Waals surface area contributed by atoms with Gasteiger partial charge in [0, 0.05) is 25.8 Å². The van der Waals surface area contributed by atoms with Crippen molar-refractivity contribution in [3.8, 4) is 0 Å². The third kappa shape index (κ3) is 3.80. The quantitative estimate of drug-likeness (QED) is 0.715. The lowest BCUT2D eigenvalue weighted by Crippen LogP contribution is -2.44. The summed E-state index contributed by atoms with van der Waals surface area (Å²) in [6.45, 7) is 0.200. The van der Waals surface area contributed by atoms with Crippen molar-refractivity contribution in [2.45, 2.75) is 12.8 Å². The fraction of sp³-hybridized carbons (Fsp3) is 0.778. The van der Waals surface area contributed by atoms with Gasteiger partial charge in [0.15, 0.2) is 0 Å². The Morgan fingerprint density at radius 2 is 2.19 bits per heavy atom. The molecule has 1 N–H and O–H groups in total. The highest BCUT2D eigenvalue weighted by Crippen LogP contribution is 2.17. The Morgan fingerprint density at radius 3 is 2.69 bits per heavy atom. The molecule has 1 heterocycles. The van der Waals surface area contributed by atoms with E-state index in [1.807, 2.05) is 0 Å². The van der Waals surface area contributed by atoms with E-state index in [0.29, 0.717) is 6.42 Å². The highest BCUT2D eigenvalue weighted by Gasteiger charge is 2.30. The third-order valence-electron chi connectivity index (χ3n) is 2.58. The zero-order valence-electron chi connectivity index (χ0n) is 9.05. The van der Waals surface area contributed by atoms with Crippen molar-refractivity contribution in [3.63, 3.8) is 0 Å². The monoisotopic (exact) mass is 249 g/mol. The van der Waals surface area contributed by atoms with Gasteiger partial charge in [0.1, 0.15) is 9.84 Å². The van der Waals surface area contributed by atoms with E-state index in [4.69, 9.17) is 5.11 Å². The number of aliphatic carboxylic acids is 1. The second kappa shape index (κ2) is 4.82. The Bertz CT molecular complexity index is 389. The molecule has 6 nitrogen and oxygen atoms in total. The van der Waals surface area contributed by atoms with Crippen LogP contribution in [-0.4, -0.2) is 55.4 Å². The number of carboxylic acid groups (broad SMARTS) is 1. The van der Waals surface area contributed by atoms with Gasteiger partial charge in [-0.1, -0.05) is 0 Å². The zero-order valence-corrected chi connectivity index (χ0v) is 9.87. The number of hydrogen-bond donors (Lipinski definition) is 1. The summed E-state index contributed by atoms with van der Waals surface area (Å²) in [6, 6.07) is 0. The molecule has 1 saturated heterocycles. The van der Waals surface area contributed by atoms with E-state index in [2.05, 4.69) is 0 Å². The lowest BCUT2D eigenvalue weighted by Gasteiger charge is -2.30. The fourth-order valence-corrected chi connectivity index (χ4v) is 2.16. The van der Waals surface area contributed by atoms with Gasteiger partial charge in [-0.05, 0) is 6.42 Å². The Balaban J connectivity index is 2.57. The van der Waals surface area contributed by atoms with E-state index < -0.39 is 21.7 Å². The molecule has 0 aliphatic carbocycles. The van der Waals surface area contributed by atoms with Crippen molar-refractivity contribution >= 4 is 21.7 Å². The normalized spacial score (nSPS) is 22.2. The molecule has 1 atom stereocenters. The van der Waals surface area contributed by atoms with Crippen molar-refractivity contribution in [1.29, 1.82) is 0 Å². The number of likely N-dealkylation sites (tertiary alicyclic amines) is 1. The molecule has 1 unspecified atom stereocenters. The van der Waals surface area contributed by atoms with Gasteiger partial charge >= 0.3 is 5.97 Å². The first-order valence-electron chi connectivity index (χ1n) is 4.98. The van der Waals surface area contributed by atoms with Gasteiger partial charge in [0.25, 0.3) is 0 Å². The molecule has 0 aromatic carbocycles. The van der Waals surface area contributed by atoms with E-state index in [1.165, 1.54) is 4.90 Å². The maximum Gasteiger partial charge on any atom is 0.308 e. The van der Waals surface area contributed by atoms with Crippen LogP contribution in [-0.2, 0) is 19.4 Å². The summed E-state index contributed by atoms with van der Waals surface area (Å²) in [5, 5.41) is 8.81. The number of piperidine rings is 1. The molecule has 1 rings (SSSR count). The maximum atomic E-state index is 11.4. The van der Waals surface area contributed by atoms with E-state index >= 15 is 0 Å². The molecular formula is C9H15NO5S. The molecule has 0 aromatic rings. The summed E-state index contributed by atoms with van der Waals surface area (Å²) in [6.07, 6.45) is 1.61. The topological polar surface area (TPSA) is 91.8 Å². The molecular weight excluding hydrogens is 234 g/mol. The summed E-state index contributed by atoms with van der Waals surface area (Å²) in [5.74, 6) is -1.79. The predicted octanol–water partition coefficient (Wildman–Crippen LogP) is -0.646. The molecule has 1 amide bonds. The van der Waals surface area contributed by atoms with Crippen LogP contribution < -0.4 is 0 Å². The van der Waals surface area contributed by atoms with E-state index in [9.17, 15) is 18.0 Å². The van der Waals surface area contributed by atoms with Crippen molar-refractivity contribution in [1.82, 2.24) is 4.90 Å². The van der Waals surface area contributed by atoms with Crippen LogP contribution in [0.5, 0.6) is 0 Å². The average molecular weight is 249 g/mol. The van der Waals surface area contributed by atoms with Gasteiger partial charge < -0.3 is 10.0 Å². The highest BCUT2D eigenvalue weighted by atomic mass is 32.2. The molecule has 1 aliphatic heterocycles. The van der Waals surface area contributed by atoms with Gasteiger partial charge in [-0.3, -0.25) is 9.59 Å². The summed E-state index contributed by atoms with van der Waals surface area (Å²) >= 11 is 0. The first kappa shape index (κ1) is 13.0. The lowest BCUT2D eigenvalue weighted by molar-refractivity contribution is -0.147. The minimum atomic E-state index is -3.13. The predicted molar refractivity (Wildman–Crippen MR) is 56.7 cm³/mol. The van der Waals surface area contributed by atoms with Crippen LogP contribution >= 0.6 is 0 Å². The Morgan fingerprint density at radius 1 is 1.56 bits per heavy atom. The number of carboxylic acids is 1. The molecule has 0 spiro atoms. The van der Waals surface area contributed by atoms with Gasteiger partial charge in [0.2, 0.25) is 5.91 Å². The van der Waals surface area contributed by atoms with Crippen LogP contribution in [0.1, 0.15) is 12.8 Å². The standard InChI is InChI=1S/C9H15NO5S/c1-16(14,15)5-4-10-6-7(9(12)13)2-3-8(10)11/h7H,2-6H2,1H3,(H,12,13). The Labute approximate surface area is 94.2 Å². The zero-order chi connectivity index (χ0) is 12.3. The van der Waals surface area contributed by atoms with Crippen molar-refractivity contribution in [2.75, 3.05) is 25.1 Å². The third-order valence-corrected chi connectivity index (χ3v) is 3.51. The summed E-state index contributed by atoms with van der Waals surface area (Å²) < 4.78 is 21.9. The Kier molecular flexibility index (Phi) is 3.90. The largest absolute Gasteiger partial charge is 0.481 e. The minimum absolute atomic E-state index is 0.0848. The van der Waals surface area contributed by atoms with Crippen LogP contribution in [0, 0.1) is 5.92 Å². The van der Waals surface area contributed by atoms with Crippen molar-refractivity contribution in [2.24, 2.45) is 5.92 Å². The van der Waals surface area contributed by atoms with Crippen LogP contribution in [0.3, 0.4) is 0 Å². The molecule has 0 saturated carbocycles. The smallest absolute Gasteiger partial charge is 0.308 e. The number of rotatable bonds is 4. The Hall–Kier alpha value is -1.11. The molecule has 16 heavy (non-hydrogen) atoms. The van der Waals surface area contributed by atoms with Crippen molar-refractivity contribution in [3.05, 3.63) is 0 Å². The molecule has 1 fully saturated rings. The first-order valence-corrected chi connectivity index (χ1v) is 7.04.